The van der Waals surface area contributed by atoms with Gasteiger partial charge >= 0.3 is 0 Å². The first-order valence-electron chi connectivity index (χ1n) is 42.6. The molecule has 16 aromatic carbocycles. The first kappa shape index (κ1) is 54.8. The van der Waals surface area contributed by atoms with Crippen LogP contribution in [0.4, 0.5) is 0 Å². The molecule has 24 aromatic rings. The van der Waals surface area contributed by atoms with Crippen LogP contribution >= 0.6 is 0 Å². The van der Waals surface area contributed by atoms with Crippen LogP contribution in [-0.2, 0) is 0 Å². The molecule has 0 bridgehead atoms. The van der Waals surface area contributed by atoms with E-state index in [9.17, 15) is 2.74 Å². The molecule has 0 atom stereocenters. The SMILES string of the molecule is [2H]c1c([2H])c([2H])c(-n2c3ccccc3c3ccc4c5ccccc5n(-c5nc(-c6ccccc6)nc(-c6ccc7c(c6)c6ccccc6n7-c6ccccc6)n5)c4c32)c([2H])c1[2H].[2H]c1c([2H])c([2H])c(-n2c3ccccc3c3ccc4c5ccccc5n(-c5nc(-c6ccccc6)nc(-c6ccc7c8ccccc8n(-c8ccccc8)c7c6)n5)c4c32)c([2H])c1[2H]. The summed E-state index contributed by atoms with van der Waals surface area (Å²) in [6, 6.07) is 106. The molecular formula is C102H64N12. The first-order valence-corrected chi connectivity index (χ1v) is 37.6. The van der Waals surface area contributed by atoms with E-state index < -0.39 is 36.3 Å². The molecule has 0 amide bonds. The van der Waals surface area contributed by atoms with Gasteiger partial charge in [0, 0.05) is 110 Å². The highest BCUT2D eigenvalue weighted by Gasteiger charge is 2.28. The van der Waals surface area contributed by atoms with E-state index >= 15 is 0 Å². The third-order valence-corrected chi connectivity index (χ3v) is 22.0. The van der Waals surface area contributed by atoms with Crippen molar-refractivity contribution in [1.29, 1.82) is 0 Å². The molecule has 0 saturated heterocycles. The van der Waals surface area contributed by atoms with Crippen LogP contribution in [0.3, 0.4) is 0 Å². The molecule has 12 nitrogen and oxygen atoms in total. The van der Waals surface area contributed by atoms with Gasteiger partial charge in [0.1, 0.15) is 0 Å². The molecule has 532 valence electrons. The largest absolute Gasteiger partial charge is 0.309 e. The van der Waals surface area contributed by atoms with E-state index in [-0.39, 0.29) is 35.5 Å². The Morgan fingerprint density at radius 3 is 0.851 bits per heavy atom. The highest BCUT2D eigenvalue weighted by molar-refractivity contribution is 6.25. The summed E-state index contributed by atoms with van der Waals surface area (Å²) in [5, 5.41) is 11.5. The number of nitrogens with zero attached hydrogens (tertiary/aromatic N) is 12. The van der Waals surface area contributed by atoms with E-state index in [1.165, 1.54) is 0 Å². The van der Waals surface area contributed by atoms with Gasteiger partial charge in [0.05, 0.1) is 79.9 Å². The smallest absolute Gasteiger partial charge is 0.238 e. The zero-order valence-corrected chi connectivity index (χ0v) is 60.5. The van der Waals surface area contributed by atoms with Crippen LogP contribution in [0.15, 0.2) is 388 Å². The third kappa shape index (κ3) is 10.1. The fourth-order valence-electron chi connectivity index (χ4n) is 17.1. The fourth-order valence-corrected chi connectivity index (χ4v) is 17.1. The molecule has 0 N–H and O–H groups in total. The van der Waals surface area contributed by atoms with E-state index in [4.69, 9.17) is 40.9 Å². The van der Waals surface area contributed by atoms with Gasteiger partial charge < -0.3 is 18.3 Å². The summed E-state index contributed by atoms with van der Waals surface area (Å²) >= 11 is 0. The Bertz CT molecular complexity index is 8570. The summed E-state index contributed by atoms with van der Waals surface area (Å²) in [6.45, 7) is 0. The van der Waals surface area contributed by atoms with Crippen molar-refractivity contribution in [2.45, 2.75) is 0 Å². The highest BCUT2D eigenvalue weighted by atomic mass is 15.2. The van der Waals surface area contributed by atoms with E-state index in [2.05, 4.69) is 155 Å². The van der Waals surface area contributed by atoms with Gasteiger partial charge in [-0.3, -0.25) is 9.13 Å². The maximum atomic E-state index is 9.17. The van der Waals surface area contributed by atoms with Crippen LogP contribution in [-0.4, -0.2) is 57.3 Å². The van der Waals surface area contributed by atoms with Crippen LogP contribution in [0, 0.1) is 0 Å². The van der Waals surface area contributed by atoms with Crippen LogP contribution in [0.1, 0.15) is 13.7 Å². The molecular weight excluding hydrogens is 1390 g/mol. The Kier molecular flexibility index (Phi) is 12.5. The molecule has 24 rings (SSSR count). The molecule has 8 heterocycles. The van der Waals surface area contributed by atoms with E-state index in [1.54, 1.807) is 0 Å². The molecule has 12 heteroatoms. The number of benzene rings is 16. The molecule has 0 spiro atoms. The summed E-state index contributed by atoms with van der Waals surface area (Å²) in [6.07, 6.45) is 0. The topological polar surface area (TPSA) is 107 Å². The van der Waals surface area contributed by atoms with Crippen molar-refractivity contribution < 1.29 is 13.7 Å². The lowest BCUT2D eigenvalue weighted by atomic mass is 10.1. The number of rotatable bonds is 10. The van der Waals surface area contributed by atoms with E-state index in [0.29, 0.717) is 57.3 Å². The molecule has 8 aromatic heterocycles. The summed E-state index contributed by atoms with van der Waals surface area (Å²) in [5.41, 5.74) is 15.6. The monoisotopic (exact) mass is 1470 g/mol. The maximum Gasteiger partial charge on any atom is 0.238 e. The van der Waals surface area contributed by atoms with E-state index in [0.717, 1.165) is 142 Å². The summed E-state index contributed by atoms with van der Waals surface area (Å²) in [4.78, 5) is 31.5. The number of hydrogen-bond acceptors (Lipinski definition) is 6. The summed E-state index contributed by atoms with van der Waals surface area (Å²) < 4.78 is 100. The fraction of sp³-hybridized carbons (Fsp3) is 0. The van der Waals surface area contributed by atoms with Crippen molar-refractivity contribution in [3.8, 4) is 80.2 Å². The quantitative estimate of drug-likeness (QED) is 0.135. The lowest BCUT2D eigenvalue weighted by molar-refractivity contribution is 0.953. The van der Waals surface area contributed by atoms with Crippen LogP contribution in [0.2, 0.25) is 0 Å². The first-order chi connectivity index (χ1) is 60.7. The molecule has 0 aliphatic carbocycles. The van der Waals surface area contributed by atoms with Gasteiger partial charge in [0.25, 0.3) is 0 Å². The van der Waals surface area contributed by atoms with Crippen molar-refractivity contribution in [3.05, 3.63) is 388 Å². The number of aromatic nitrogens is 12. The number of hydrogen-bond donors (Lipinski definition) is 0. The second-order valence-electron chi connectivity index (χ2n) is 28.2. The molecule has 114 heavy (non-hydrogen) atoms. The Hall–Kier alpha value is -15.7. The minimum absolute atomic E-state index is 0.0647. The van der Waals surface area contributed by atoms with Crippen molar-refractivity contribution in [2.24, 2.45) is 0 Å². The van der Waals surface area contributed by atoms with Crippen molar-refractivity contribution >= 4 is 131 Å². The normalized spacial score (nSPS) is 13.1. The van der Waals surface area contributed by atoms with Gasteiger partial charge in [0.2, 0.25) is 11.9 Å². The van der Waals surface area contributed by atoms with Crippen LogP contribution in [0.25, 0.3) is 211 Å². The Balaban J connectivity index is 0.000000143. The molecule has 0 aliphatic rings. The van der Waals surface area contributed by atoms with Gasteiger partial charge in [-0.25, -0.2) is 9.97 Å². The minimum Gasteiger partial charge on any atom is -0.309 e. The zero-order valence-electron chi connectivity index (χ0n) is 70.5. The summed E-state index contributed by atoms with van der Waals surface area (Å²) in [5.74, 6) is 2.67. The second-order valence-corrected chi connectivity index (χ2v) is 28.2. The molecule has 0 unspecified atom stereocenters. The van der Waals surface area contributed by atoms with Crippen molar-refractivity contribution in [1.82, 2.24) is 57.3 Å². The number of para-hydroxylation sites is 10. The van der Waals surface area contributed by atoms with Crippen LogP contribution < -0.4 is 0 Å². The Labute approximate surface area is 666 Å². The lowest BCUT2D eigenvalue weighted by Gasteiger charge is -2.13. The van der Waals surface area contributed by atoms with Gasteiger partial charge in [-0.15, -0.1) is 0 Å². The second kappa shape index (κ2) is 26.0. The molecule has 0 fully saturated rings. The van der Waals surface area contributed by atoms with Gasteiger partial charge in [-0.2, -0.15) is 19.9 Å². The highest BCUT2D eigenvalue weighted by Crippen LogP contribution is 2.46. The maximum absolute atomic E-state index is 9.17. The summed E-state index contributed by atoms with van der Waals surface area (Å²) in [7, 11) is 0. The zero-order chi connectivity index (χ0) is 83.6. The average molecular weight is 1470 g/mol. The Morgan fingerprint density at radius 1 is 0.175 bits per heavy atom. The minimum atomic E-state index is -0.447. The predicted octanol–water partition coefficient (Wildman–Crippen LogP) is 25.0. The molecule has 0 radical (unpaired) electrons. The predicted molar refractivity (Wildman–Crippen MR) is 467 cm³/mol. The number of fused-ring (bicyclic) bond motifs is 20. The average Bonchev–Trinajstić information content (AvgIpc) is 1.54. The third-order valence-electron chi connectivity index (χ3n) is 22.0. The van der Waals surface area contributed by atoms with Gasteiger partial charge in [-0.1, -0.05) is 279 Å². The van der Waals surface area contributed by atoms with Gasteiger partial charge in [0.15, 0.2) is 23.3 Å². The van der Waals surface area contributed by atoms with Crippen molar-refractivity contribution in [3.63, 3.8) is 0 Å². The van der Waals surface area contributed by atoms with E-state index in [1.807, 2.05) is 200 Å². The van der Waals surface area contributed by atoms with Crippen molar-refractivity contribution in [2.75, 3.05) is 0 Å². The van der Waals surface area contributed by atoms with Gasteiger partial charge in [-0.05, 0) is 109 Å². The standard InChI is InChI=1S/2C51H32N6/c1-4-16-33(17-5-1)49-52-50(34-28-31-46-42(32-34)39-24-12-13-25-43(39)55(46)35-18-6-2-7-19-35)54-51(53-49)57-45-27-15-11-23-38(45)41-30-29-40-37-22-10-14-26-44(37)56(47(40)48(41)57)36-20-8-3-9-21-36;1-4-16-33(17-5-1)49-52-50(34-28-29-40-37-22-10-13-25-43(37)55(46(40)32-34)35-18-6-2-7-19-35)54-51(53-49)57-45-27-15-12-24-39(45)42-31-30-41-38-23-11-14-26-44(38)56(47(41)48(42)57)36-20-8-3-9-21-36/h2*1-32H/i2*3D,8D,9D,20D,21D. The van der Waals surface area contributed by atoms with Crippen LogP contribution in [0.5, 0.6) is 0 Å². The molecule has 0 saturated carbocycles. The molecule has 0 aliphatic heterocycles. The lowest BCUT2D eigenvalue weighted by Crippen LogP contribution is -2.07. The Morgan fingerprint density at radius 2 is 0.447 bits per heavy atom.